The summed E-state index contributed by atoms with van der Waals surface area (Å²) in [7, 11) is 0. The third-order valence-corrected chi connectivity index (χ3v) is 2.46. The molecule has 0 radical (unpaired) electrons. The summed E-state index contributed by atoms with van der Waals surface area (Å²) in [5.41, 5.74) is 0.563. The molecule has 1 unspecified atom stereocenters. The summed E-state index contributed by atoms with van der Waals surface area (Å²) in [5.74, 6) is -1.67. The monoisotopic (exact) mass is 228 g/mol. The molecule has 0 aliphatic carbocycles. The van der Waals surface area contributed by atoms with Gasteiger partial charge in [-0.2, -0.15) is 0 Å². The molecule has 0 saturated carbocycles. The minimum atomic E-state index is -0.840. The van der Waals surface area contributed by atoms with Crippen LogP contribution in [0.1, 0.15) is 0 Å². The van der Waals surface area contributed by atoms with Crippen molar-refractivity contribution in [1.82, 2.24) is 5.32 Å². The highest BCUT2D eigenvalue weighted by Crippen LogP contribution is 2.13. The molecule has 1 aromatic rings. The first-order valence-corrected chi connectivity index (χ1v) is 5.27. The zero-order valence-electron chi connectivity index (χ0n) is 8.80. The van der Waals surface area contributed by atoms with E-state index in [1.165, 1.54) is 6.07 Å². The first kappa shape index (κ1) is 11.3. The second-order valence-corrected chi connectivity index (χ2v) is 3.71. The molecule has 88 valence electrons. The molecular formula is C11H14F2N2O. The predicted molar refractivity (Wildman–Crippen MR) is 57.5 cm³/mol. The molecule has 5 heteroatoms. The zero-order chi connectivity index (χ0) is 11.4. The molecule has 1 fully saturated rings. The Kier molecular flexibility index (Phi) is 3.69. The van der Waals surface area contributed by atoms with Gasteiger partial charge < -0.3 is 15.4 Å². The molecule has 2 rings (SSSR count). The minimum absolute atomic E-state index is 0.0712. The third kappa shape index (κ3) is 2.90. The summed E-state index contributed by atoms with van der Waals surface area (Å²) in [6.07, 6.45) is 0.0712. The second-order valence-electron chi connectivity index (χ2n) is 3.71. The number of benzene rings is 1. The van der Waals surface area contributed by atoms with Crippen molar-refractivity contribution < 1.29 is 13.5 Å². The number of ether oxygens (including phenoxy) is 1. The minimum Gasteiger partial charge on any atom is -0.382 e. The van der Waals surface area contributed by atoms with Gasteiger partial charge in [-0.05, 0) is 12.1 Å². The Morgan fingerprint density at radius 2 is 2.25 bits per heavy atom. The summed E-state index contributed by atoms with van der Waals surface area (Å²) in [6.45, 7) is 2.90. The van der Waals surface area contributed by atoms with E-state index in [1.807, 2.05) is 0 Å². The van der Waals surface area contributed by atoms with Crippen LogP contribution in [0.25, 0.3) is 0 Å². The van der Waals surface area contributed by atoms with Crippen LogP contribution in [0.2, 0.25) is 0 Å². The maximum absolute atomic E-state index is 12.9. The summed E-state index contributed by atoms with van der Waals surface area (Å²) in [4.78, 5) is 0. The topological polar surface area (TPSA) is 33.3 Å². The average Bonchev–Trinajstić information content (AvgIpc) is 2.32. The van der Waals surface area contributed by atoms with Crippen molar-refractivity contribution in [2.45, 2.75) is 6.10 Å². The molecule has 0 aromatic heterocycles. The molecule has 1 aliphatic rings. The van der Waals surface area contributed by atoms with Gasteiger partial charge in [-0.15, -0.1) is 0 Å². The molecule has 0 bridgehead atoms. The van der Waals surface area contributed by atoms with Gasteiger partial charge in [0.2, 0.25) is 0 Å². The van der Waals surface area contributed by atoms with Crippen LogP contribution in [0.5, 0.6) is 0 Å². The average molecular weight is 228 g/mol. The molecule has 1 saturated heterocycles. The smallest absolute Gasteiger partial charge is 0.160 e. The van der Waals surface area contributed by atoms with Gasteiger partial charge in [-0.3, -0.25) is 0 Å². The van der Waals surface area contributed by atoms with Gasteiger partial charge in [0.15, 0.2) is 11.6 Å². The van der Waals surface area contributed by atoms with Crippen molar-refractivity contribution in [3.8, 4) is 0 Å². The lowest BCUT2D eigenvalue weighted by molar-refractivity contribution is 0.0372. The van der Waals surface area contributed by atoms with Gasteiger partial charge in [0.25, 0.3) is 0 Å². The van der Waals surface area contributed by atoms with E-state index in [4.69, 9.17) is 4.74 Å². The standard InChI is InChI=1S/C11H14F2N2O/c12-10-2-1-8(5-11(10)13)15-7-9-6-14-3-4-16-9/h1-2,5,9,14-15H,3-4,6-7H2. The van der Waals surface area contributed by atoms with Crippen LogP contribution in [0, 0.1) is 11.6 Å². The van der Waals surface area contributed by atoms with Crippen LogP contribution in [-0.4, -0.2) is 32.3 Å². The highest BCUT2D eigenvalue weighted by Gasteiger charge is 2.12. The second kappa shape index (κ2) is 5.23. The van der Waals surface area contributed by atoms with Crippen LogP contribution in [-0.2, 0) is 4.74 Å². The van der Waals surface area contributed by atoms with Crippen LogP contribution < -0.4 is 10.6 Å². The van der Waals surface area contributed by atoms with Crippen molar-refractivity contribution in [3.63, 3.8) is 0 Å². The van der Waals surface area contributed by atoms with Crippen molar-refractivity contribution in [1.29, 1.82) is 0 Å². The van der Waals surface area contributed by atoms with E-state index in [0.717, 1.165) is 25.2 Å². The highest BCUT2D eigenvalue weighted by atomic mass is 19.2. The molecule has 1 heterocycles. The van der Waals surface area contributed by atoms with Crippen LogP contribution in [0.4, 0.5) is 14.5 Å². The number of rotatable bonds is 3. The fraction of sp³-hybridized carbons (Fsp3) is 0.455. The lowest BCUT2D eigenvalue weighted by atomic mass is 10.2. The van der Waals surface area contributed by atoms with E-state index in [1.54, 1.807) is 0 Å². The number of nitrogens with one attached hydrogen (secondary N) is 2. The van der Waals surface area contributed by atoms with Crippen LogP contribution in [0.15, 0.2) is 18.2 Å². The summed E-state index contributed by atoms with van der Waals surface area (Å²) in [5, 5.41) is 6.20. The Labute approximate surface area is 92.8 Å². The number of hydrogen-bond donors (Lipinski definition) is 2. The lowest BCUT2D eigenvalue weighted by Gasteiger charge is -2.24. The van der Waals surface area contributed by atoms with Crippen molar-refractivity contribution >= 4 is 5.69 Å². The zero-order valence-corrected chi connectivity index (χ0v) is 8.80. The van der Waals surface area contributed by atoms with Gasteiger partial charge in [0.05, 0.1) is 12.7 Å². The normalized spacial score (nSPS) is 20.8. The maximum Gasteiger partial charge on any atom is 0.160 e. The quantitative estimate of drug-likeness (QED) is 0.819. The van der Waals surface area contributed by atoms with Gasteiger partial charge in [-0.25, -0.2) is 8.78 Å². The third-order valence-electron chi connectivity index (χ3n) is 2.46. The fourth-order valence-electron chi connectivity index (χ4n) is 1.59. The molecule has 0 amide bonds. The summed E-state index contributed by atoms with van der Waals surface area (Å²) < 4.78 is 31.0. The van der Waals surface area contributed by atoms with Crippen molar-refractivity contribution in [3.05, 3.63) is 29.8 Å². The van der Waals surface area contributed by atoms with E-state index in [2.05, 4.69) is 10.6 Å². The molecule has 3 nitrogen and oxygen atoms in total. The van der Waals surface area contributed by atoms with Gasteiger partial charge >= 0.3 is 0 Å². The molecule has 2 N–H and O–H groups in total. The first-order valence-electron chi connectivity index (χ1n) is 5.27. The summed E-state index contributed by atoms with van der Waals surface area (Å²) >= 11 is 0. The van der Waals surface area contributed by atoms with Gasteiger partial charge in [0.1, 0.15) is 0 Å². The fourth-order valence-corrected chi connectivity index (χ4v) is 1.59. The predicted octanol–water partition coefficient (Wildman–Crippen LogP) is 1.37. The number of hydrogen-bond acceptors (Lipinski definition) is 3. The van der Waals surface area contributed by atoms with Crippen molar-refractivity contribution in [2.75, 3.05) is 31.6 Å². The van der Waals surface area contributed by atoms with E-state index in [9.17, 15) is 8.78 Å². The Balaban J connectivity index is 1.86. The van der Waals surface area contributed by atoms with E-state index in [-0.39, 0.29) is 6.10 Å². The number of anilines is 1. The maximum atomic E-state index is 12.9. The molecular weight excluding hydrogens is 214 g/mol. The molecule has 0 spiro atoms. The largest absolute Gasteiger partial charge is 0.382 e. The van der Waals surface area contributed by atoms with E-state index in [0.29, 0.717) is 18.8 Å². The molecule has 1 aliphatic heterocycles. The van der Waals surface area contributed by atoms with Crippen LogP contribution in [0.3, 0.4) is 0 Å². The van der Waals surface area contributed by atoms with E-state index >= 15 is 0 Å². The first-order chi connectivity index (χ1) is 7.75. The molecule has 16 heavy (non-hydrogen) atoms. The molecule has 1 atom stereocenters. The highest BCUT2D eigenvalue weighted by molar-refractivity contribution is 5.43. The van der Waals surface area contributed by atoms with Gasteiger partial charge in [-0.1, -0.05) is 0 Å². The SMILES string of the molecule is Fc1ccc(NCC2CNCCO2)cc1F. The Bertz CT molecular complexity index is 354. The molecule has 1 aromatic carbocycles. The Morgan fingerprint density at radius 1 is 1.38 bits per heavy atom. The van der Waals surface area contributed by atoms with Gasteiger partial charge in [0, 0.05) is 31.4 Å². The Hall–Kier alpha value is -1.20. The summed E-state index contributed by atoms with van der Waals surface area (Å²) in [6, 6.07) is 3.76. The number of morpholine rings is 1. The van der Waals surface area contributed by atoms with Crippen LogP contribution >= 0.6 is 0 Å². The lowest BCUT2D eigenvalue weighted by Crippen LogP contribution is -2.42. The van der Waals surface area contributed by atoms with Crippen molar-refractivity contribution in [2.24, 2.45) is 0 Å². The van der Waals surface area contributed by atoms with E-state index < -0.39 is 11.6 Å². The Morgan fingerprint density at radius 3 is 2.94 bits per heavy atom. The number of halogens is 2.